The lowest BCUT2D eigenvalue weighted by atomic mass is 10.0. The molecule has 0 N–H and O–H groups in total. The van der Waals surface area contributed by atoms with Gasteiger partial charge in [-0.15, -0.1) is 0 Å². The zero-order valence-corrected chi connectivity index (χ0v) is 13.9. The molecule has 1 fully saturated rings. The second-order valence-corrected chi connectivity index (χ2v) is 6.36. The molecule has 1 aromatic heterocycles. The van der Waals surface area contributed by atoms with Crippen molar-refractivity contribution in [3.63, 3.8) is 0 Å². The molecule has 1 aliphatic heterocycles. The van der Waals surface area contributed by atoms with Gasteiger partial charge in [-0.2, -0.15) is 0 Å². The van der Waals surface area contributed by atoms with Crippen molar-refractivity contribution in [1.29, 1.82) is 0 Å². The van der Waals surface area contributed by atoms with E-state index in [2.05, 4.69) is 0 Å². The molecule has 0 radical (unpaired) electrons. The summed E-state index contributed by atoms with van der Waals surface area (Å²) in [4.78, 5) is 28.3. The number of amides is 2. The van der Waals surface area contributed by atoms with Crippen LogP contribution >= 0.6 is 0 Å². The molecular weight excluding hydrogens is 304 g/mol. The number of carbonyl (C=O) groups excluding carboxylic acids is 2. The van der Waals surface area contributed by atoms with Gasteiger partial charge in [0.2, 0.25) is 5.91 Å². The Bertz CT molecular complexity index is 682. The Morgan fingerprint density at radius 2 is 2.04 bits per heavy atom. The molecule has 1 atom stereocenters. The first-order valence-corrected chi connectivity index (χ1v) is 8.23. The van der Waals surface area contributed by atoms with E-state index >= 15 is 0 Å². The molecule has 0 saturated carbocycles. The molecule has 1 aromatic carbocycles. The minimum atomic E-state index is -0.0173. The summed E-state index contributed by atoms with van der Waals surface area (Å²) in [6.45, 7) is 1.95. The lowest BCUT2D eigenvalue weighted by molar-refractivity contribution is -0.131. The molecule has 1 aliphatic rings. The second-order valence-electron chi connectivity index (χ2n) is 6.36. The molecule has 2 amide bonds. The van der Waals surface area contributed by atoms with Gasteiger partial charge in [0.25, 0.3) is 5.91 Å². The fourth-order valence-electron chi connectivity index (χ4n) is 3.10. The van der Waals surface area contributed by atoms with E-state index in [0.717, 1.165) is 12.0 Å². The average Bonchev–Trinajstić information content (AvgIpc) is 3.27. The summed E-state index contributed by atoms with van der Waals surface area (Å²) in [5.74, 6) is 0.337. The summed E-state index contributed by atoms with van der Waals surface area (Å²) < 4.78 is 4.97. The van der Waals surface area contributed by atoms with Crippen molar-refractivity contribution in [1.82, 2.24) is 9.80 Å². The highest BCUT2D eigenvalue weighted by Crippen LogP contribution is 2.22. The normalized spacial score (nSPS) is 17.0. The Morgan fingerprint density at radius 3 is 2.75 bits per heavy atom. The monoisotopic (exact) mass is 326 g/mol. The van der Waals surface area contributed by atoms with E-state index in [1.807, 2.05) is 37.4 Å². The lowest BCUT2D eigenvalue weighted by Gasteiger charge is -2.20. The van der Waals surface area contributed by atoms with E-state index in [1.165, 1.54) is 12.5 Å². The first-order valence-electron chi connectivity index (χ1n) is 8.23. The second kappa shape index (κ2) is 7.34. The Morgan fingerprint density at radius 1 is 1.25 bits per heavy atom. The standard InChI is InChI=1S/C19H22N2O3/c1-20(12-15-5-3-2-4-6-15)18(22)11-16-7-9-21(13-16)19(23)17-8-10-24-14-17/h2-6,8,10,14,16H,7,9,11-13H2,1H3. The number of carbonyl (C=O) groups is 2. The molecule has 2 heterocycles. The first-order chi connectivity index (χ1) is 11.6. The largest absolute Gasteiger partial charge is 0.472 e. The van der Waals surface area contributed by atoms with Gasteiger partial charge in [-0.05, 0) is 24.0 Å². The van der Waals surface area contributed by atoms with Crippen LogP contribution in [-0.2, 0) is 11.3 Å². The molecule has 5 heteroatoms. The van der Waals surface area contributed by atoms with Crippen molar-refractivity contribution in [2.75, 3.05) is 20.1 Å². The van der Waals surface area contributed by atoms with Gasteiger partial charge in [0, 0.05) is 33.1 Å². The third-order valence-corrected chi connectivity index (χ3v) is 4.49. The molecule has 0 bridgehead atoms. The van der Waals surface area contributed by atoms with Crippen LogP contribution in [0.15, 0.2) is 53.3 Å². The van der Waals surface area contributed by atoms with Gasteiger partial charge in [0.1, 0.15) is 6.26 Å². The van der Waals surface area contributed by atoms with Crippen LogP contribution < -0.4 is 0 Å². The zero-order chi connectivity index (χ0) is 16.9. The minimum absolute atomic E-state index is 0.0173. The van der Waals surface area contributed by atoms with E-state index in [4.69, 9.17) is 4.42 Å². The summed E-state index contributed by atoms with van der Waals surface area (Å²) in [6.07, 6.45) is 4.32. The zero-order valence-electron chi connectivity index (χ0n) is 13.9. The number of furan rings is 1. The predicted molar refractivity (Wildman–Crippen MR) is 90.3 cm³/mol. The number of hydrogen-bond acceptors (Lipinski definition) is 3. The van der Waals surface area contributed by atoms with Crippen molar-refractivity contribution >= 4 is 11.8 Å². The number of nitrogens with zero attached hydrogens (tertiary/aromatic N) is 2. The van der Waals surface area contributed by atoms with E-state index in [0.29, 0.717) is 31.6 Å². The summed E-state index contributed by atoms with van der Waals surface area (Å²) in [5.41, 5.74) is 1.69. The highest BCUT2D eigenvalue weighted by molar-refractivity contribution is 5.94. The molecule has 0 spiro atoms. The van der Waals surface area contributed by atoms with Crippen LogP contribution in [0.2, 0.25) is 0 Å². The minimum Gasteiger partial charge on any atom is -0.472 e. The van der Waals surface area contributed by atoms with Crippen LogP contribution in [0.25, 0.3) is 0 Å². The summed E-state index contributed by atoms with van der Waals surface area (Å²) >= 11 is 0. The third kappa shape index (κ3) is 3.85. The molecule has 5 nitrogen and oxygen atoms in total. The first kappa shape index (κ1) is 16.3. The van der Waals surface area contributed by atoms with Crippen LogP contribution in [0.3, 0.4) is 0 Å². The van der Waals surface area contributed by atoms with Crippen LogP contribution in [0.5, 0.6) is 0 Å². The Labute approximate surface area is 141 Å². The fourth-order valence-corrected chi connectivity index (χ4v) is 3.10. The number of likely N-dealkylation sites (tertiary alicyclic amines) is 1. The summed E-state index contributed by atoms with van der Waals surface area (Å²) in [7, 11) is 1.83. The highest BCUT2D eigenvalue weighted by atomic mass is 16.3. The van der Waals surface area contributed by atoms with Crippen LogP contribution in [0, 0.1) is 5.92 Å². The molecule has 126 valence electrons. The Hall–Kier alpha value is -2.56. The van der Waals surface area contributed by atoms with Crippen molar-refractivity contribution < 1.29 is 14.0 Å². The Kier molecular flexibility index (Phi) is 4.99. The smallest absolute Gasteiger partial charge is 0.257 e. The third-order valence-electron chi connectivity index (χ3n) is 4.49. The maximum absolute atomic E-state index is 12.4. The van der Waals surface area contributed by atoms with Gasteiger partial charge >= 0.3 is 0 Å². The van der Waals surface area contributed by atoms with E-state index in [-0.39, 0.29) is 17.7 Å². The summed E-state index contributed by atoms with van der Waals surface area (Å²) in [5, 5.41) is 0. The molecule has 24 heavy (non-hydrogen) atoms. The van der Waals surface area contributed by atoms with E-state index in [9.17, 15) is 9.59 Å². The number of hydrogen-bond donors (Lipinski definition) is 0. The van der Waals surface area contributed by atoms with Gasteiger partial charge in [-0.3, -0.25) is 9.59 Å². The van der Waals surface area contributed by atoms with Gasteiger partial charge in [0.15, 0.2) is 0 Å². The van der Waals surface area contributed by atoms with Gasteiger partial charge in [-0.1, -0.05) is 30.3 Å². The van der Waals surface area contributed by atoms with E-state index in [1.54, 1.807) is 15.9 Å². The topological polar surface area (TPSA) is 53.8 Å². The average molecular weight is 326 g/mol. The summed E-state index contributed by atoms with van der Waals surface area (Å²) in [6, 6.07) is 11.6. The van der Waals surface area contributed by atoms with E-state index < -0.39 is 0 Å². The SMILES string of the molecule is CN(Cc1ccccc1)C(=O)CC1CCN(C(=O)c2ccoc2)C1. The molecule has 1 saturated heterocycles. The number of benzene rings is 1. The van der Waals surface area contributed by atoms with Crippen LogP contribution in [0.4, 0.5) is 0 Å². The van der Waals surface area contributed by atoms with Gasteiger partial charge < -0.3 is 14.2 Å². The maximum atomic E-state index is 12.4. The van der Waals surface area contributed by atoms with Crippen molar-refractivity contribution in [3.8, 4) is 0 Å². The Balaban J connectivity index is 1.50. The van der Waals surface area contributed by atoms with Gasteiger partial charge in [0.05, 0.1) is 11.8 Å². The lowest BCUT2D eigenvalue weighted by Crippen LogP contribution is -2.31. The molecule has 2 aromatic rings. The van der Waals surface area contributed by atoms with Crippen LogP contribution in [-0.4, -0.2) is 41.8 Å². The molecule has 0 aliphatic carbocycles. The predicted octanol–water partition coefficient (Wildman–Crippen LogP) is 2.79. The quantitative estimate of drug-likeness (QED) is 0.849. The van der Waals surface area contributed by atoms with Gasteiger partial charge in [-0.25, -0.2) is 0 Å². The van der Waals surface area contributed by atoms with Crippen molar-refractivity contribution in [2.24, 2.45) is 5.92 Å². The van der Waals surface area contributed by atoms with Crippen LogP contribution in [0.1, 0.15) is 28.8 Å². The number of rotatable bonds is 5. The maximum Gasteiger partial charge on any atom is 0.257 e. The highest BCUT2D eigenvalue weighted by Gasteiger charge is 2.29. The van der Waals surface area contributed by atoms with Crippen molar-refractivity contribution in [3.05, 3.63) is 60.1 Å². The molecule has 1 unspecified atom stereocenters. The molecule has 3 rings (SSSR count). The molecular formula is C19H22N2O3. The van der Waals surface area contributed by atoms with Crippen molar-refractivity contribution in [2.45, 2.75) is 19.4 Å². The fraction of sp³-hybridized carbons (Fsp3) is 0.368.